The van der Waals surface area contributed by atoms with E-state index in [1.54, 1.807) is 17.0 Å². The van der Waals surface area contributed by atoms with Gasteiger partial charge in [0.05, 0.1) is 16.3 Å². The highest BCUT2D eigenvalue weighted by atomic mass is 35.5. The lowest BCUT2D eigenvalue weighted by Crippen LogP contribution is -2.51. The van der Waals surface area contributed by atoms with Gasteiger partial charge in [-0.25, -0.2) is 0 Å². The number of hydrogen-bond acceptors (Lipinski definition) is 6. The molecule has 142 valence electrons. The van der Waals surface area contributed by atoms with Gasteiger partial charge < -0.3 is 14.2 Å². The molecule has 27 heavy (non-hydrogen) atoms. The summed E-state index contributed by atoms with van der Waals surface area (Å²) >= 11 is 7.34. The van der Waals surface area contributed by atoms with Gasteiger partial charge >= 0.3 is 0 Å². The Kier molecular flexibility index (Phi) is 5.36. The number of hydrogen-bond donors (Lipinski definition) is 0. The van der Waals surface area contributed by atoms with Crippen LogP contribution < -0.4 is 0 Å². The summed E-state index contributed by atoms with van der Waals surface area (Å²) in [6.07, 6.45) is 2.02. The van der Waals surface area contributed by atoms with E-state index < -0.39 is 0 Å². The maximum atomic E-state index is 12.4. The van der Waals surface area contributed by atoms with Gasteiger partial charge in [0.1, 0.15) is 0 Å². The Bertz CT molecular complexity index is 847. The Labute approximate surface area is 166 Å². The normalized spacial score (nSPS) is 17.2. The molecule has 1 saturated carbocycles. The van der Waals surface area contributed by atoms with Gasteiger partial charge in [-0.3, -0.25) is 9.59 Å². The van der Waals surface area contributed by atoms with Crippen molar-refractivity contribution in [3.05, 3.63) is 29.3 Å². The first kappa shape index (κ1) is 18.3. The second kappa shape index (κ2) is 7.90. The SMILES string of the molecule is O=C(CSc1nnc(-c2ccccc2Cl)o1)N1CCN(C(=O)C2CC2)CC1. The molecule has 2 aliphatic rings. The van der Waals surface area contributed by atoms with Crippen LogP contribution in [0, 0.1) is 5.92 Å². The molecule has 0 unspecified atom stereocenters. The molecule has 1 aromatic heterocycles. The molecule has 0 radical (unpaired) electrons. The molecule has 1 saturated heterocycles. The summed E-state index contributed by atoms with van der Waals surface area (Å²) in [4.78, 5) is 28.2. The van der Waals surface area contributed by atoms with Gasteiger partial charge in [-0.1, -0.05) is 35.5 Å². The first-order valence-corrected chi connectivity index (χ1v) is 10.3. The molecule has 4 rings (SSSR count). The van der Waals surface area contributed by atoms with E-state index in [2.05, 4.69) is 10.2 Å². The van der Waals surface area contributed by atoms with Crippen LogP contribution in [-0.2, 0) is 9.59 Å². The van der Waals surface area contributed by atoms with Crippen LogP contribution in [0.15, 0.2) is 33.9 Å². The summed E-state index contributed by atoms with van der Waals surface area (Å²) in [5.74, 6) is 1.04. The third-order valence-corrected chi connectivity index (χ3v) is 5.83. The number of amides is 2. The number of thioether (sulfide) groups is 1. The summed E-state index contributed by atoms with van der Waals surface area (Å²) < 4.78 is 5.60. The number of halogens is 1. The van der Waals surface area contributed by atoms with Crippen LogP contribution in [0.4, 0.5) is 0 Å². The standard InChI is InChI=1S/C18H19ClN4O3S/c19-14-4-2-1-3-13(14)16-20-21-18(26-16)27-11-15(24)22-7-9-23(10-8-22)17(25)12-5-6-12/h1-4,12H,5-11H2. The summed E-state index contributed by atoms with van der Waals surface area (Å²) in [6, 6.07) is 7.23. The zero-order chi connectivity index (χ0) is 18.8. The molecule has 1 aliphatic carbocycles. The van der Waals surface area contributed by atoms with E-state index in [0.717, 1.165) is 12.8 Å². The van der Waals surface area contributed by atoms with Crippen LogP contribution in [-0.4, -0.2) is 63.7 Å². The monoisotopic (exact) mass is 406 g/mol. The maximum absolute atomic E-state index is 12.4. The van der Waals surface area contributed by atoms with E-state index >= 15 is 0 Å². The Hall–Kier alpha value is -2.06. The van der Waals surface area contributed by atoms with Crippen molar-refractivity contribution in [1.82, 2.24) is 20.0 Å². The number of benzene rings is 1. The highest BCUT2D eigenvalue weighted by molar-refractivity contribution is 7.99. The van der Waals surface area contributed by atoms with Gasteiger partial charge in [0.2, 0.25) is 17.7 Å². The zero-order valence-corrected chi connectivity index (χ0v) is 16.2. The van der Waals surface area contributed by atoms with E-state index in [9.17, 15) is 9.59 Å². The van der Waals surface area contributed by atoms with E-state index in [0.29, 0.717) is 47.9 Å². The summed E-state index contributed by atoms with van der Waals surface area (Å²) in [5.41, 5.74) is 0.668. The predicted molar refractivity (Wildman–Crippen MR) is 101 cm³/mol. The Morgan fingerprint density at radius 2 is 1.81 bits per heavy atom. The molecule has 2 amide bonds. The van der Waals surface area contributed by atoms with Crippen molar-refractivity contribution >= 4 is 35.2 Å². The van der Waals surface area contributed by atoms with Gasteiger partial charge in [0.25, 0.3) is 5.22 Å². The van der Waals surface area contributed by atoms with E-state index in [4.69, 9.17) is 16.0 Å². The second-order valence-electron chi connectivity index (χ2n) is 6.62. The van der Waals surface area contributed by atoms with Crippen LogP contribution >= 0.6 is 23.4 Å². The van der Waals surface area contributed by atoms with Crippen molar-refractivity contribution in [2.45, 2.75) is 18.1 Å². The molecule has 7 nitrogen and oxygen atoms in total. The van der Waals surface area contributed by atoms with Crippen LogP contribution in [0.25, 0.3) is 11.5 Å². The predicted octanol–water partition coefficient (Wildman–Crippen LogP) is 2.56. The fraction of sp³-hybridized carbons (Fsp3) is 0.444. The second-order valence-corrected chi connectivity index (χ2v) is 7.96. The average molecular weight is 407 g/mol. The molecule has 2 aromatic rings. The quantitative estimate of drug-likeness (QED) is 0.710. The van der Waals surface area contributed by atoms with Crippen LogP contribution in [0.1, 0.15) is 12.8 Å². The minimum absolute atomic E-state index is 0.0102. The fourth-order valence-electron chi connectivity index (χ4n) is 2.99. The molecule has 0 N–H and O–H groups in total. The summed E-state index contributed by atoms with van der Waals surface area (Å²) in [7, 11) is 0. The lowest BCUT2D eigenvalue weighted by atomic mass is 10.2. The molecular formula is C18H19ClN4O3S. The molecule has 1 aliphatic heterocycles. The van der Waals surface area contributed by atoms with Crippen LogP contribution in [0.2, 0.25) is 5.02 Å². The number of carbonyl (C=O) groups is 2. The van der Waals surface area contributed by atoms with Crippen molar-refractivity contribution in [1.29, 1.82) is 0 Å². The Morgan fingerprint density at radius 3 is 2.52 bits per heavy atom. The number of piperazine rings is 1. The summed E-state index contributed by atoms with van der Waals surface area (Å²) in [5, 5.41) is 8.84. The van der Waals surface area contributed by atoms with Crippen LogP contribution in [0.3, 0.4) is 0 Å². The fourth-order valence-corrected chi connectivity index (χ4v) is 3.87. The van der Waals surface area contributed by atoms with Crippen molar-refractivity contribution in [2.75, 3.05) is 31.9 Å². The van der Waals surface area contributed by atoms with Crippen molar-refractivity contribution in [2.24, 2.45) is 5.92 Å². The van der Waals surface area contributed by atoms with Gasteiger partial charge in [-0.05, 0) is 25.0 Å². The van der Waals surface area contributed by atoms with Gasteiger partial charge in [0, 0.05) is 32.1 Å². The maximum Gasteiger partial charge on any atom is 0.277 e. The molecular weight excluding hydrogens is 388 g/mol. The largest absolute Gasteiger partial charge is 0.411 e. The molecule has 9 heteroatoms. The first-order chi connectivity index (χ1) is 13.1. The van der Waals surface area contributed by atoms with Gasteiger partial charge in [-0.2, -0.15) is 0 Å². The van der Waals surface area contributed by atoms with E-state index in [1.807, 2.05) is 17.0 Å². The van der Waals surface area contributed by atoms with Crippen molar-refractivity contribution in [3.8, 4) is 11.5 Å². The van der Waals surface area contributed by atoms with Gasteiger partial charge in [-0.15, -0.1) is 10.2 Å². The highest BCUT2D eigenvalue weighted by Gasteiger charge is 2.35. The smallest absolute Gasteiger partial charge is 0.277 e. The molecule has 1 aromatic carbocycles. The average Bonchev–Trinajstić information content (AvgIpc) is 3.44. The Morgan fingerprint density at radius 1 is 1.11 bits per heavy atom. The van der Waals surface area contributed by atoms with Crippen molar-refractivity contribution < 1.29 is 14.0 Å². The number of rotatable bonds is 5. The van der Waals surface area contributed by atoms with E-state index in [-0.39, 0.29) is 23.5 Å². The molecule has 2 fully saturated rings. The highest BCUT2D eigenvalue weighted by Crippen LogP contribution is 2.31. The number of aromatic nitrogens is 2. The number of nitrogens with zero attached hydrogens (tertiary/aromatic N) is 4. The third kappa shape index (κ3) is 4.27. The minimum atomic E-state index is 0.0102. The lowest BCUT2D eigenvalue weighted by Gasteiger charge is -2.34. The number of carbonyl (C=O) groups excluding carboxylic acids is 2. The Balaban J connectivity index is 1.27. The van der Waals surface area contributed by atoms with E-state index in [1.165, 1.54) is 11.8 Å². The van der Waals surface area contributed by atoms with Gasteiger partial charge in [0.15, 0.2) is 0 Å². The zero-order valence-electron chi connectivity index (χ0n) is 14.6. The molecule has 0 atom stereocenters. The minimum Gasteiger partial charge on any atom is -0.411 e. The lowest BCUT2D eigenvalue weighted by molar-refractivity contribution is -0.139. The first-order valence-electron chi connectivity index (χ1n) is 8.89. The topological polar surface area (TPSA) is 79.5 Å². The summed E-state index contributed by atoms with van der Waals surface area (Å²) in [6.45, 7) is 2.38. The molecule has 0 bridgehead atoms. The third-order valence-electron chi connectivity index (χ3n) is 4.70. The molecule has 0 spiro atoms. The van der Waals surface area contributed by atoms with Crippen molar-refractivity contribution in [3.63, 3.8) is 0 Å². The van der Waals surface area contributed by atoms with Crippen LogP contribution in [0.5, 0.6) is 0 Å². The molecule has 2 heterocycles.